The van der Waals surface area contributed by atoms with Crippen LogP contribution >= 0.6 is 0 Å². The SMILES string of the molecule is CNCCCC(=O)N1CCN(Cc2cn3ccccc3n2)CC1. The molecule has 1 fully saturated rings. The van der Waals surface area contributed by atoms with Gasteiger partial charge < -0.3 is 14.6 Å². The fraction of sp³-hybridized carbons (Fsp3) is 0.529. The topological polar surface area (TPSA) is 52.9 Å². The maximum atomic E-state index is 12.1. The molecule has 3 rings (SSSR count). The minimum absolute atomic E-state index is 0.285. The number of nitrogens with one attached hydrogen (secondary N) is 1. The summed E-state index contributed by atoms with van der Waals surface area (Å²) in [5.41, 5.74) is 2.07. The summed E-state index contributed by atoms with van der Waals surface area (Å²) in [6.07, 6.45) is 5.67. The highest BCUT2D eigenvalue weighted by atomic mass is 16.2. The van der Waals surface area contributed by atoms with E-state index in [1.54, 1.807) is 0 Å². The van der Waals surface area contributed by atoms with Crippen LogP contribution in [0.25, 0.3) is 5.65 Å². The molecule has 0 aliphatic carbocycles. The molecule has 0 unspecified atom stereocenters. The van der Waals surface area contributed by atoms with Crippen LogP contribution in [0.15, 0.2) is 30.6 Å². The molecule has 0 atom stereocenters. The van der Waals surface area contributed by atoms with E-state index >= 15 is 0 Å². The Labute approximate surface area is 137 Å². The Bertz CT molecular complexity index is 612. The predicted molar refractivity (Wildman–Crippen MR) is 90.2 cm³/mol. The van der Waals surface area contributed by atoms with Gasteiger partial charge in [-0.25, -0.2) is 4.98 Å². The third-order valence-electron chi connectivity index (χ3n) is 4.34. The maximum absolute atomic E-state index is 12.1. The lowest BCUT2D eigenvalue weighted by atomic mass is 10.2. The minimum atomic E-state index is 0.285. The number of amides is 1. The third kappa shape index (κ3) is 4.09. The molecule has 0 saturated carbocycles. The fourth-order valence-electron chi connectivity index (χ4n) is 3.02. The van der Waals surface area contributed by atoms with Crippen molar-refractivity contribution in [2.24, 2.45) is 0 Å². The maximum Gasteiger partial charge on any atom is 0.222 e. The van der Waals surface area contributed by atoms with E-state index in [1.807, 2.05) is 36.3 Å². The Morgan fingerprint density at radius 1 is 1.26 bits per heavy atom. The molecule has 0 aromatic carbocycles. The molecule has 23 heavy (non-hydrogen) atoms. The van der Waals surface area contributed by atoms with Gasteiger partial charge in [0.05, 0.1) is 5.69 Å². The van der Waals surface area contributed by atoms with Gasteiger partial charge in [-0.1, -0.05) is 6.07 Å². The van der Waals surface area contributed by atoms with Crippen molar-refractivity contribution in [2.75, 3.05) is 39.8 Å². The standard InChI is InChI=1S/C17H25N5O/c1-18-7-4-6-17(23)21-11-9-20(10-12-21)13-15-14-22-8-3-2-5-16(22)19-15/h2-3,5,8,14,18H,4,6-7,9-13H2,1H3. The van der Waals surface area contributed by atoms with E-state index < -0.39 is 0 Å². The van der Waals surface area contributed by atoms with E-state index in [-0.39, 0.29) is 5.91 Å². The minimum Gasteiger partial charge on any atom is -0.340 e. The van der Waals surface area contributed by atoms with E-state index in [0.29, 0.717) is 6.42 Å². The average Bonchev–Trinajstić information content (AvgIpc) is 2.98. The lowest BCUT2D eigenvalue weighted by Crippen LogP contribution is -2.48. The summed E-state index contributed by atoms with van der Waals surface area (Å²) in [5.74, 6) is 0.285. The molecule has 6 nitrogen and oxygen atoms in total. The average molecular weight is 315 g/mol. The second-order valence-electron chi connectivity index (χ2n) is 6.06. The summed E-state index contributed by atoms with van der Waals surface area (Å²) in [6.45, 7) is 5.25. The Kier molecular flexibility index (Phi) is 5.25. The summed E-state index contributed by atoms with van der Waals surface area (Å²) in [7, 11) is 1.92. The van der Waals surface area contributed by atoms with Gasteiger partial charge in [-0.2, -0.15) is 0 Å². The molecule has 1 aliphatic heterocycles. The van der Waals surface area contributed by atoms with Gasteiger partial charge in [0, 0.05) is 51.5 Å². The van der Waals surface area contributed by atoms with Gasteiger partial charge >= 0.3 is 0 Å². The van der Waals surface area contributed by atoms with Gasteiger partial charge in [-0.05, 0) is 32.1 Å². The first-order valence-electron chi connectivity index (χ1n) is 8.33. The largest absolute Gasteiger partial charge is 0.340 e. The molecular weight excluding hydrogens is 290 g/mol. The molecular formula is C17H25N5O. The number of pyridine rings is 1. The van der Waals surface area contributed by atoms with Gasteiger partial charge in [0.25, 0.3) is 0 Å². The van der Waals surface area contributed by atoms with Crippen LogP contribution in [0.3, 0.4) is 0 Å². The monoisotopic (exact) mass is 315 g/mol. The molecule has 1 saturated heterocycles. The molecule has 0 radical (unpaired) electrons. The molecule has 1 aliphatic rings. The molecule has 6 heteroatoms. The second kappa shape index (κ2) is 7.57. The van der Waals surface area contributed by atoms with Crippen molar-refractivity contribution >= 4 is 11.6 Å². The van der Waals surface area contributed by atoms with Gasteiger partial charge in [-0.15, -0.1) is 0 Å². The van der Waals surface area contributed by atoms with Crippen LogP contribution in [-0.4, -0.2) is 64.9 Å². The van der Waals surface area contributed by atoms with E-state index in [4.69, 9.17) is 0 Å². The summed E-state index contributed by atoms with van der Waals surface area (Å²) < 4.78 is 2.05. The quantitative estimate of drug-likeness (QED) is 0.808. The zero-order chi connectivity index (χ0) is 16.1. The number of carbonyl (C=O) groups is 1. The first-order chi connectivity index (χ1) is 11.3. The number of carbonyl (C=O) groups excluding carboxylic acids is 1. The molecule has 0 spiro atoms. The van der Waals surface area contributed by atoms with Crippen LogP contribution in [0.5, 0.6) is 0 Å². The van der Waals surface area contributed by atoms with Gasteiger partial charge in [0.2, 0.25) is 5.91 Å². The zero-order valence-corrected chi connectivity index (χ0v) is 13.7. The van der Waals surface area contributed by atoms with Crippen molar-refractivity contribution in [3.63, 3.8) is 0 Å². The highest BCUT2D eigenvalue weighted by molar-refractivity contribution is 5.76. The predicted octanol–water partition coefficient (Wildman–Crippen LogP) is 0.978. The van der Waals surface area contributed by atoms with Gasteiger partial charge in [-0.3, -0.25) is 9.69 Å². The summed E-state index contributed by atoms with van der Waals surface area (Å²) >= 11 is 0. The molecule has 3 heterocycles. The van der Waals surface area contributed by atoms with E-state index in [0.717, 1.165) is 57.0 Å². The summed E-state index contributed by atoms with van der Waals surface area (Å²) in [5, 5.41) is 3.08. The third-order valence-corrected chi connectivity index (χ3v) is 4.34. The molecule has 2 aromatic heterocycles. The molecule has 2 aromatic rings. The van der Waals surface area contributed by atoms with Crippen LogP contribution in [0.1, 0.15) is 18.5 Å². The van der Waals surface area contributed by atoms with Crippen molar-refractivity contribution in [1.29, 1.82) is 0 Å². The van der Waals surface area contributed by atoms with Gasteiger partial charge in [0.1, 0.15) is 5.65 Å². The lowest BCUT2D eigenvalue weighted by molar-refractivity contribution is -0.133. The Morgan fingerprint density at radius 3 is 2.83 bits per heavy atom. The summed E-state index contributed by atoms with van der Waals surface area (Å²) in [4.78, 5) is 21.1. The summed E-state index contributed by atoms with van der Waals surface area (Å²) in [6, 6.07) is 6.03. The van der Waals surface area contributed by atoms with Gasteiger partial charge in [0.15, 0.2) is 0 Å². The first-order valence-corrected chi connectivity index (χ1v) is 8.33. The number of fused-ring (bicyclic) bond motifs is 1. The number of hydrogen-bond donors (Lipinski definition) is 1. The van der Waals surface area contributed by atoms with Crippen LogP contribution in [-0.2, 0) is 11.3 Å². The zero-order valence-electron chi connectivity index (χ0n) is 13.7. The molecule has 0 bridgehead atoms. The smallest absolute Gasteiger partial charge is 0.222 e. The highest BCUT2D eigenvalue weighted by Gasteiger charge is 2.21. The van der Waals surface area contributed by atoms with Crippen LogP contribution in [0, 0.1) is 0 Å². The number of aromatic nitrogens is 2. The lowest BCUT2D eigenvalue weighted by Gasteiger charge is -2.34. The van der Waals surface area contributed by atoms with Crippen molar-refractivity contribution in [3.05, 3.63) is 36.3 Å². The van der Waals surface area contributed by atoms with Crippen molar-refractivity contribution < 1.29 is 4.79 Å². The Hall–Kier alpha value is -1.92. The number of imidazole rings is 1. The number of hydrogen-bond acceptors (Lipinski definition) is 4. The molecule has 124 valence electrons. The normalized spacial score (nSPS) is 16.1. The molecule has 1 amide bonds. The number of rotatable bonds is 6. The Balaban J connectivity index is 1.48. The number of nitrogens with zero attached hydrogens (tertiary/aromatic N) is 4. The molecule has 1 N–H and O–H groups in total. The van der Waals surface area contributed by atoms with Crippen LogP contribution in [0.4, 0.5) is 0 Å². The van der Waals surface area contributed by atoms with Crippen LogP contribution < -0.4 is 5.32 Å². The number of piperazine rings is 1. The van der Waals surface area contributed by atoms with Crippen molar-refractivity contribution in [2.45, 2.75) is 19.4 Å². The van der Waals surface area contributed by atoms with E-state index in [1.165, 1.54) is 0 Å². The fourth-order valence-corrected chi connectivity index (χ4v) is 3.02. The van der Waals surface area contributed by atoms with Crippen molar-refractivity contribution in [3.8, 4) is 0 Å². The second-order valence-corrected chi connectivity index (χ2v) is 6.06. The highest BCUT2D eigenvalue weighted by Crippen LogP contribution is 2.11. The Morgan fingerprint density at radius 2 is 2.09 bits per heavy atom. The van der Waals surface area contributed by atoms with E-state index in [2.05, 4.69) is 25.8 Å². The van der Waals surface area contributed by atoms with Crippen molar-refractivity contribution in [1.82, 2.24) is 24.5 Å². The van der Waals surface area contributed by atoms with E-state index in [9.17, 15) is 4.79 Å². The van der Waals surface area contributed by atoms with Crippen LogP contribution in [0.2, 0.25) is 0 Å². The first kappa shape index (κ1) is 16.0.